The standard InChI is InChI=1S/C18H15ClN2O4S/c1-11-5-6-13(8-14(11)19)20-7-3-4-12(20)9-15-17(23)21(18(24)26-15)10-16(22)25-2/h3-9H,10H2,1-2H3. The lowest BCUT2D eigenvalue weighted by Crippen LogP contribution is -2.34. The van der Waals surface area contributed by atoms with Crippen molar-refractivity contribution in [1.29, 1.82) is 0 Å². The summed E-state index contributed by atoms with van der Waals surface area (Å²) in [4.78, 5) is 36.9. The number of esters is 1. The Labute approximate surface area is 159 Å². The predicted octanol–water partition coefficient (Wildman–Crippen LogP) is 3.65. The minimum atomic E-state index is -0.647. The fourth-order valence-corrected chi connectivity index (χ4v) is 3.44. The molecule has 1 aliphatic rings. The number of imide groups is 1. The summed E-state index contributed by atoms with van der Waals surface area (Å²) in [5, 5.41) is 0.142. The lowest BCUT2D eigenvalue weighted by molar-refractivity contribution is -0.143. The molecule has 0 bridgehead atoms. The smallest absolute Gasteiger partial charge is 0.325 e. The van der Waals surface area contributed by atoms with E-state index in [1.165, 1.54) is 7.11 Å². The van der Waals surface area contributed by atoms with Gasteiger partial charge in [-0.3, -0.25) is 19.3 Å². The molecular weight excluding hydrogens is 376 g/mol. The molecule has 134 valence electrons. The zero-order chi connectivity index (χ0) is 18.8. The third kappa shape index (κ3) is 3.54. The predicted molar refractivity (Wildman–Crippen MR) is 100 cm³/mol. The Kier molecular flexibility index (Phi) is 5.20. The maximum absolute atomic E-state index is 12.4. The lowest BCUT2D eigenvalue weighted by atomic mass is 10.2. The Morgan fingerprint density at radius 2 is 2.08 bits per heavy atom. The van der Waals surface area contributed by atoms with E-state index in [1.807, 2.05) is 48.0 Å². The first-order valence-electron chi connectivity index (χ1n) is 7.67. The van der Waals surface area contributed by atoms with Crippen LogP contribution in [0.4, 0.5) is 4.79 Å². The minimum Gasteiger partial charge on any atom is -0.468 e. The Balaban J connectivity index is 1.91. The van der Waals surface area contributed by atoms with Crippen molar-refractivity contribution in [3.63, 3.8) is 0 Å². The van der Waals surface area contributed by atoms with Crippen LogP contribution in [0, 0.1) is 6.92 Å². The molecule has 0 saturated carbocycles. The van der Waals surface area contributed by atoms with E-state index in [1.54, 1.807) is 6.08 Å². The van der Waals surface area contributed by atoms with E-state index < -0.39 is 23.7 Å². The van der Waals surface area contributed by atoms with Crippen LogP contribution in [0.25, 0.3) is 11.8 Å². The third-order valence-corrected chi connectivity index (χ3v) is 5.20. The van der Waals surface area contributed by atoms with E-state index in [9.17, 15) is 14.4 Å². The van der Waals surface area contributed by atoms with Gasteiger partial charge in [0.15, 0.2) is 0 Å². The number of hydrogen-bond donors (Lipinski definition) is 0. The maximum atomic E-state index is 12.4. The number of aromatic nitrogens is 1. The van der Waals surface area contributed by atoms with Crippen LogP contribution in [0.15, 0.2) is 41.4 Å². The van der Waals surface area contributed by atoms with Gasteiger partial charge in [-0.05, 0) is 54.6 Å². The summed E-state index contributed by atoms with van der Waals surface area (Å²) in [6, 6.07) is 9.31. The molecule has 0 spiro atoms. The number of rotatable bonds is 4. The second-order valence-corrected chi connectivity index (χ2v) is 6.98. The van der Waals surface area contributed by atoms with Gasteiger partial charge in [0.1, 0.15) is 6.54 Å². The van der Waals surface area contributed by atoms with Crippen LogP contribution in [-0.4, -0.2) is 40.2 Å². The number of benzene rings is 1. The fraction of sp³-hybridized carbons (Fsp3) is 0.167. The fourth-order valence-electron chi connectivity index (χ4n) is 2.44. The average molecular weight is 391 g/mol. The van der Waals surface area contributed by atoms with Crippen molar-refractivity contribution in [2.75, 3.05) is 13.7 Å². The second kappa shape index (κ2) is 7.39. The molecule has 0 atom stereocenters. The number of halogens is 1. The Morgan fingerprint density at radius 3 is 2.77 bits per heavy atom. The van der Waals surface area contributed by atoms with Gasteiger partial charge >= 0.3 is 5.97 Å². The van der Waals surface area contributed by atoms with Crippen LogP contribution in [0.1, 0.15) is 11.3 Å². The van der Waals surface area contributed by atoms with Crippen LogP contribution in [0.5, 0.6) is 0 Å². The topological polar surface area (TPSA) is 68.6 Å². The SMILES string of the molecule is COC(=O)CN1C(=O)SC(=Cc2cccn2-c2ccc(C)c(Cl)c2)C1=O. The molecule has 1 fully saturated rings. The first kappa shape index (κ1) is 18.3. The van der Waals surface area contributed by atoms with Gasteiger partial charge in [0, 0.05) is 22.6 Å². The molecule has 1 aromatic heterocycles. The highest BCUT2D eigenvalue weighted by Gasteiger charge is 2.36. The van der Waals surface area contributed by atoms with Crippen molar-refractivity contribution >= 4 is 46.6 Å². The van der Waals surface area contributed by atoms with E-state index in [4.69, 9.17) is 11.6 Å². The Morgan fingerprint density at radius 1 is 1.31 bits per heavy atom. The number of aryl methyl sites for hydroxylation is 1. The van der Waals surface area contributed by atoms with Crippen molar-refractivity contribution in [3.05, 3.63) is 57.7 Å². The highest BCUT2D eigenvalue weighted by Crippen LogP contribution is 2.32. The Bertz CT molecular complexity index is 935. The average Bonchev–Trinajstić information content (AvgIpc) is 3.17. The van der Waals surface area contributed by atoms with E-state index >= 15 is 0 Å². The minimum absolute atomic E-state index is 0.247. The highest BCUT2D eigenvalue weighted by molar-refractivity contribution is 8.18. The zero-order valence-electron chi connectivity index (χ0n) is 14.1. The zero-order valence-corrected chi connectivity index (χ0v) is 15.6. The number of amides is 2. The summed E-state index contributed by atoms with van der Waals surface area (Å²) in [6.07, 6.45) is 3.46. The van der Waals surface area contributed by atoms with Gasteiger partial charge < -0.3 is 9.30 Å². The van der Waals surface area contributed by atoms with Gasteiger partial charge in [-0.25, -0.2) is 0 Å². The molecule has 8 heteroatoms. The number of carbonyl (C=O) groups excluding carboxylic acids is 3. The Hall–Kier alpha value is -2.51. The van der Waals surface area contributed by atoms with Gasteiger partial charge in [-0.2, -0.15) is 0 Å². The van der Waals surface area contributed by atoms with Crippen LogP contribution >= 0.6 is 23.4 Å². The molecule has 1 aliphatic heterocycles. The van der Waals surface area contributed by atoms with Crippen LogP contribution in [0.2, 0.25) is 5.02 Å². The third-order valence-electron chi connectivity index (χ3n) is 3.88. The molecule has 0 radical (unpaired) electrons. The van der Waals surface area contributed by atoms with Gasteiger partial charge in [0.05, 0.1) is 12.0 Å². The lowest BCUT2D eigenvalue weighted by Gasteiger charge is -2.10. The summed E-state index contributed by atoms with van der Waals surface area (Å²) < 4.78 is 6.38. The number of nitrogens with zero attached hydrogens (tertiary/aromatic N) is 2. The highest BCUT2D eigenvalue weighted by atomic mass is 35.5. The first-order valence-corrected chi connectivity index (χ1v) is 8.86. The summed E-state index contributed by atoms with van der Waals surface area (Å²) in [5.74, 6) is -1.16. The quantitative estimate of drug-likeness (QED) is 0.588. The van der Waals surface area contributed by atoms with Crippen molar-refractivity contribution in [2.24, 2.45) is 0 Å². The number of hydrogen-bond acceptors (Lipinski definition) is 5. The molecule has 6 nitrogen and oxygen atoms in total. The van der Waals surface area contributed by atoms with E-state index in [-0.39, 0.29) is 4.91 Å². The summed E-state index contributed by atoms with van der Waals surface area (Å²) >= 11 is 6.99. The number of ether oxygens (including phenoxy) is 1. The largest absolute Gasteiger partial charge is 0.468 e. The van der Waals surface area contributed by atoms with Crippen molar-refractivity contribution in [3.8, 4) is 5.69 Å². The molecule has 26 heavy (non-hydrogen) atoms. The summed E-state index contributed by atoms with van der Waals surface area (Å²) in [7, 11) is 1.21. The van der Waals surface area contributed by atoms with Gasteiger partial charge in [0.2, 0.25) is 0 Å². The van der Waals surface area contributed by atoms with Gasteiger partial charge in [0.25, 0.3) is 11.1 Å². The molecule has 2 amide bonds. The normalized spacial score (nSPS) is 15.8. The molecule has 2 heterocycles. The van der Waals surface area contributed by atoms with E-state index in [2.05, 4.69) is 4.74 Å². The van der Waals surface area contributed by atoms with E-state index in [0.717, 1.165) is 27.9 Å². The monoisotopic (exact) mass is 390 g/mol. The van der Waals surface area contributed by atoms with Crippen molar-refractivity contribution in [1.82, 2.24) is 9.47 Å². The van der Waals surface area contributed by atoms with Crippen LogP contribution < -0.4 is 0 Å². The van der Waals surface area contributed by atoms with Gasteiger partial charge in [-0.15, -0.1) is 0 Å². The van der Waals surface area contributed by atoms with E-state index in [0.29, 0.717) is 10.7 Å². The van der Waals surface area contributed by atoms with Crippen LogP contribution in [-0.2, 0) is 14.3 Å². The molecule has 0 N–H and O–H groups in total. The maximum Gasteiger partial charge on any atom is 0.325 e. The molecular formula is C18H15ClN2O4S. The first-order chi connectivity index (χ1) is 12.4. The molecule has 0 unspecified atom stereocenters. The number of carbonyl (C=O) groups is 3. The summed E-state index contributed by atoms with van der Waals surface area (Å²) in [6.45, 7) is 1.52. The molecule has 1 aromatic carbocycles. The van der Waals surface area contributed by atoms with Gasteiger partial charge in [-0.1, -0.05) is 17.7 Å². The summed E-state index contributed by atoms with van der Waals surface area (Å²) in [5.41, 5.74) is 2.52. The molecule has 0 aliphatic carbocycles. The van der Waals surface area contributed by atoms with Crippen molar-refractivity contribution in [2.45, 2.75) is 6.92 Å². The van der Waals surface area contributed by atoms with Crippen LogP contribution in [0.3, 0.4) is 0 Å². The number of thioether (sulfide) groups is 1. The number of methoxy groups -OCH3 is 1. The molecule has 2 aromatic rings. The molecule has 3 rings (SSSR count). The molecule has 1 saturated heterocycles. The van der Waals surface area contributed by atoms with Crippen molar-refractivity contribution < 1.29 is 19.1 Å². The second-order valence-electron chi connectivity index (χ2n) is 5.58.